The fourth-order valence-electron chi connectivity index (χ4n) is 6.02. The fraction of sp³-hybridized carbons (Fsp3) is 0.429. The number of fused-ring (bicyclic) bond motifs is 5. The molecule has 0 N–H and O–H groups in total. The standard InChI is InChI=1S/C21H24O5.C15H14O3.C6H10O3/c1-6-15(22)25-19-14-11-9-8-10-13(14)18-17(20(19)26-16(23)7-2)21(4,5)12(3)24-18;1-8-15(2,3)11-13(17)12(16)9-6-4-5-7-10(9)14(11)18-8;1-3-5(7)9-6(8)4-2/h8-12H,6-7H2,1-5H3;4-8H,1-3H3;3-4H2,1-2H3. The predicted molar refractivity (Wildman–Crippen MR) is 198 cm³/mol. The number of carbonyl (C=O) groups excluding carboxylic acids is 6. The highest BCUT2D eigenvalue weighted by Gasteiger charge is 2.50. The van der Waals surface area contributed by atoms with Gasteiger partial charge in [0.1, 0.15) is 23.7 Å². The summed E-state index contributed by atoms with van der Waals surface area (Å²) < 4.78 is 27.6. The molecule has 11 heteroatoms. The molecule has 3 aliphatic rings. The van der Waals surface area contributed by atoms with Crippen LogP contribution in [0.25, 0.3) is 16.5 Å². The lowest BCUT2D eigenvalue weighted by Crippen LogP contribution is -2.32. The number of ketones is 2. The fourth-order valence-corrected chi connectivity index (χ4v) is 6.02. The SMILES string of the molecule is CC1OC2=C(C(=O)C(=O)c3ccccc32)C1(C)C.CCC(=O)OC(=O)CC.CCC(=O)Oc1c2c(c3ccccc3c1OC(=O)CC)OC(C)C2(C)C. The van der Waals surface area contributed by atoms with Crippen LogP contribution >= 0.6 is 0 Å². The molecule has 3 aromatic rings. The van der Waals surface area contributed by atoms with Crippen LogP contribution in [0.2, 0.25) is 0 Å². The molecule has 11 nitrogen and oxygen atoms in total. The zero-order chi connectivity index (χ0) is 39.4. The van der Waals surface area contributed by atoms with Gasteiger partial charge in [0.2, 0.25) is 11.6 Å². The van der Waals surface area contributed by atoms with Crippen molar-refractivity contribution in [3.8, 4) is 17.2 Å². The van der Waals surface area contributed by atoms with Crippen molar-refractivity contribution in [1.29, 1.82) is 0 Å². The van der Waals surface area contributed by atoms with E-state index in [1.54, 1.807) is 39.8 Å². The summed E-state index contributed by atoms with van der Waals surface area (Å²) in [5.41, 5.74) is 1.66. The molecular formula is C42H48O11. The smallest absolute Gasteiger partial charge is 0.313 e. The lowest BCUT2D eigenvalue weighted by atomic mass is 9.74. The maximum absolute atomic E-state index is 12.2. The van der Waals surface area contributed by atoms with E-state index in [9.17, 15) is 28.8 Å². The van der Waals surface area contributed by atoms with E-state index in [0.29, 0.717) is 39.5 Å². The van der Waals surface area contributed by atoms with Crippen LogP contribution in [0, 0.1) is 5.41 Å². The molecule has 0 amide bonds. The second kappa shape index (κ2) is 16.1. The minimum Gasteiger partial charge on any atom is -0.489 e. The highest BCUT2D eigenvalue weighted by atomic mass is 16.6. The number of benzene rings is 3. The summed E-state index contributed by atoms with van der Waals surface area (Å²) in [7, 11) is 0. The van der Waals surface area contributed by atoms with Gasteiger partial charge in [0.15, 0.2) is 11.5 Å². The normalized spacial score (nSPS) is 18.5. The van der Waals surface area contributed by atoms with Crippen LogP contribution in [0.15, 0.2) is 54.1 Å². The Hall–Kier alpha value is -5.32. The van der Waals surface area contributed by atoms with Crippen molar-refractivity contribution in [2.75, 3.05) is 0 Å². The highest BCUT2D eigenvalue weighted by molar-refractivity contribution is 6.52. The number of esters is 4. The van der Waals surface area contributed by atoms with Crippen LogP contribution in [-0.2, 0) is 38.9 Å². The molecule has 53 heavy (non-hydrogen) atoms. The van der Waals surface area contributed by atoms with Crippen molar-refractivity contribution in [1.82, 2.24) is 0 Å². The molecule has 0 saturated heterocycles. The molecule has 0 bridgehead atoms. The third kappa shape index (κ3) is 7.89. The van der Waals surface area contributed by atoms with Crippen molar-refractivity contribution >= 4 is 52.0 Å². The minimum absolute atomic E-state index is 0.106. The minimum atomic E-state index is -0.457. The molecule has 0 radical (unpaired) electrons. The average Bonchev–Trinajstić information content (AvgIpc) is 3.54. The van der Waals surface area contributed by atoms with Gasteiger partial charge in [-0.2, -0.15) is 0 Å². The van der Waals surface area contributed by atoms with Gasteiger partial charge in [0, 0.05) is 58.4 Å². The number of hydrogen-bond donors (Lipinski definition) is 0. The molecule has 0 aromatic heterocycles. The highest BCUT2D eigenvalue weighted by Crippen LogP contribution is 2.56. The molecular weight excluding hydrogens is 680 g/mol. The predicted octanol–water partition coefficient (Wildman–Crippen LogP) is 8.01. The van der Waals surface area contributed by atoms with Crippen molar-refractivity contribution in [2.24, 2.45) is 5.41 Å². The van der Waals surface area contributed by atoms with Gasteiger partial charge in [-0.1, -0.05) is 104 Å². The molecule has 0 spiro atoms. The lowest BCUT2D eigenvalue weighted by Gasteiger charge is -2.25. The summed E-state index contributed by atoms with van der Waals surface area (Å²) in [6.07, 6.45) is 0.738. The van der Waals surface area contributed by atoms with E-state index in [2.05, 4.69) is 4.74 Å². The topological polar surface area (TPSA) is 149 Å². The van der Waals surface area contributed by atoms with E-state index in [4.69, 9.17) is 18.9 Å². The Kier molecular flexibility index (Phi) is 12.3. The third-order valence-corrected chi connectivity index (χ3v) is 9.88. The number of rotatable bonds is 6. The summed E-state index contributed by atoms with van der Waals surface area (Å²) in [6, 6.07) is 14.7. The van der Waals surface area contributed by atoms with E-state index in [0.717, 1.165) is 16.5 Å². The van der Waals surface area contributed by atoms with E-state index >= 15 is 0 Å². The maximum atomic E-state index is 12.2. The van der Waals surface area contributed by atoms with Crippen LogP contribution in [0.5, 0.6) is 17.2 Å². The van der Waals surface area contributed by atoms with Crippen molar-refractivity contribution in [3.63, 3.8) is 0 Å². The summed E-state index contributed by atoms with van der Waals surface area (Å²) in [4.78, 5) is 69.2. The van der Waals surface area contributed by atoms with Gasteiger partial charge in [0.05, 0.1) is 11.1 Å². The number of ether oxygens (including phenoxy) is 5. The molecule has 1 aliphatic carbocycles. The van der Waals surface area contributed by atoms with Gasteiger partial charge in [-0.15, -0.1) is 0 Å². The first-order valence-corrected chi connectivity index (χ1v) is 18.0. The Morgan fingerprint density at radius 1 is 0.604 bits per heavy atom. The Bertz CT molecular complexity index is 1990. The Morgan fingerprint density at radius 3 is 1.62 bits per heavy atom. The van der Waals surface area contributed by atoms with Crippen LogP contribution in [0.3, 0.4) is 0 Å². The molecule has 282 valence electrons. The summed E-state index contributed by atoms with van der Waals surface area (Å²) in [6.45, 7) is 18.6. The van der Waals surface area contributed by atoms with Gasteiger partial charge >= 0.3 is 23.9 Å². The largest absolute Gasteiger partial charge is 0.489 e. The number of carbonyl (C=O) groups is 6. The third-order valence-electron chi connectivity index (χ3n) is 9.88. The molecule has 0 fully saturated rings. The van der Waals surface area contributed by atoms with Crippen molar-refractivity contribution in [2.45, 2.75) is 113 Å². The summed E-state index contributed by atoms with van der Waals surface area (Å²) >= 11 is 0. The first-order chi connectivity index (χ1) is 25.0. The molecule has 2 aliphatic heterocycles. The molecule has 2 atom stereocenters. The molecule has 0 saturated carbocycles. The number of hydrogen-bond acceptors (Lipinski definition) is 11. The molecule has 3 aromatic carbocycles. The molecule has 6 rings (SSSR count). The van der Waals surface area contributed by atoms with Gasteiger partial charge in [0.25, 0.3) is 0 Å². The van der Waals surface area contributed by atoms with E-state index < -0.39 is 34.3 Å². The maximum Gasteiger partial charge on any atom is 0.313 e. The molecule has 2 heterocycles. The zero-order valence-corrected chi connectivity index (χ0v) is 32.1. The second-order valence-electron chi connectivity index (χ2n) is 14.0. The van der Waals surface area contributed by atoms with Crippen molar-refractivity contribution in [3.05, 3.63) is 70.8 Å². The Balaban J connectivity index is 0.000000201. The van der Waals surface area contributed by atoms with Gasteiger partial charge in [-0.25, -0.2) is 0 Å². The first kappa shape index (κ1) is 40.5. The monoisotopic (exact) mass is 728 g/mol. The Morgan fingerprint density at radius 2 is 1.08 bits per heavy atom. The zero-order valence-electron chi connectivity index (χ0n) is 32.1. The van der Waals surface area contributed by atoms with Crippen LogP contribution in [0.4, 0.5) is 0 Å². The first-order valence-electron chi connectivity index (χ1n) is 18.0. The Labute approximate surface area is 310 Å². The second-order valence-corrected chi connectivity index (χ2v) is 14.0. The lowest BCUT2D eigenvalue weighted by molar-refractivity contribution is -0.159. The van der Waals surface area contributed by atoms with Gasteiger partial charge in [-0.3, -0.25) is 28.8 Å². The number of Topliss-reactive ketones (excluding diaryl/α,β-unsaturated/α-hetero) is 2. The summed E-state index contributed by atoms with van der Waals surface area (Å²) in [5.74, 6) is -0.654. The van der Waals surface area contributed by atoms with Gasteiger partial charge < -0.3 is 23.7 Å². The molecule has 2 unspecified atom stereocenters. The quantitative estimate of drug-likeness (QED) is 0.105. The summed E-state index contributed by atoms with van der Waals surface area (Å²) in [5, 5.41) is 1.53. The average molecular weight is 729 g/mol. The van der Waals surface area contributed by atoms with Crippen LogP contribution < -0.4 is 14.2 Å². The van der Waals surface area contributed by atoms with E-state index in [1.807, 2.05) is 77.9 Å². The van der Waals surface area contributed by atoms with Crippen LogP contribution in [-0.4, -0.2) is 47.7 Å². The van der Waals surface area contributed by atoms with Crippen molar-refractivity contribution < 1.29 is 52.5 Å². The van der Waals surface area contributed by atoms with E-state index in [1.165, 1.54) is 0 Å². The van der Waals surface area contributed by atoms with E-state index in [-0.39, 0.29) is 49.8 Å². The van der Waals surface area contributed by atoms with Crippen LogP contribution in [0.1, 0.15) is 116 Å². The van der Waals surface area contributed by atoms with Gasteiger partial charge in [-0.05, 0) is 13.8 Å².